The Hall–Kier alpha value is -4.56. The fraction of sp³-hybridized carbons (Fsp3) is 0.250. The summed E-state index contributed by atoms with van der Waals surface area (Å²) in [5.74, 6) is 0.123. The van der Waals surface area contributed by atoms with Crippen LogP contribution in [0.4, 0.5) is 5.82 Å². The summed E-state index contributed by atoms with van der Waals surface area (Å²) in [6.07, 6.45) is 4.51. The highest BCUT2D eigenvalue weighted by Crippen LogP contribution is 2.45. The molecule has 1 aliphatic heterocycles. The van der Waals surface area contributed by atoms with Crippen molar-refractivity contribution in [3.8, 4) is 28.0 Å². The zero-order valence-corrected chi connectivity index (χ0v) is 22.9. The third-order valence-electron chi connectivity index (χ3n) is 7.24. The summed E-state index contributed by atoms with van der Waals surface area (Å²) >= 11 is 0. The van der Waals surface area contributed by atoms with Crippen LogP contribution in [0.3, 0.4) is 0 Å². The lowest BCUT2D eigenvalue weighted by Gasteiger charge is -2.29. The number of fused-ring (bicyclic) bond motifs is 1. The van der Waals surface area contributed by atoms with Gasteiger partial charge in [-0.25, -0.2) is 14.8 Å². The van der Waals surface area contributed by atoms with E-state index < -0.39 is 17.7 Å². The third-order valence-corrected chi connectivity index (χ3v) is 7.24. The first-order chi connectivity index (χ1) is 19.1. The lowest BCUT2D eigenvalue weighted by molar-refractivity contribution is -0.160. The first-order valence-electron chi connectivity index (χ1n) is 13.2. The monoisotopic (exact) mass is 534 g/mol. The van der Waals surface area contributed by atoms with E-state index in [1.807, 2.05) is 76.4 Å². The molecule has 0 spiro atoms. The van der Waals surface area contributed by atoms with Gasteiger partial charge in [-0.15, -0.1) is 0 Å². The summed E-state index contributed by atoms with van der Waals surface area (Å²) < 4.78 is 12.2. The van der Waals surface area contributed by atoms with Crippen LogP contribution in [0, 0.1) is 6.92 Å². The van der Waals surface area contributed by atoms with Gasteiger partial charge in [0.15, 0.2) is 6.10 Å². The quantitative estimate of drug-likeness (QED) is 0.270. The minimum absolute atomic E-state index is 0.389. The summed E-state index contributed by atoms with van der Waals surface area (Å²) in [7, 11) is 0. The molecule has 8 heteroatoms. The number of anilines is 1. The van der Waals surface area contributed by atoms with Gasteiger partial charge < -0.3 is 20.3 Å². The Kier molecular flexibility index (Phi) is 6.15. The van der Waals surface area contributed by atoms with Crippen molar-refractivity contribution in [2.75, 3.05) is 12.3 Å². The number of nitrogen functional groups attached to an aromatic ring is 1. The molecule has 3 heterocycles. The summed E-state index contributed by atoms with van der Waals surface area (Å²) in [6, 6.07) is 13.9. The minimum Gasteiger partial charge on any atom is -0.493 e. The van der Waals surface area contributed by atoms with Gasteiger partial charge >= 0.3 is 5.97 Å². The van der Waals surface area contributed by atoms with Gasteiger partial charge in [0, 0.05) is 40.9 Å². The molecular formula is C32H30N4O4. The van der Waals surface area contributed by atoms with Gasteiger partial charge in [-0.2, -0.15) is 0 Å². The Morgan fingerprint density at radius 1 is 1.10 bits per heavy atom. The van der Waals surface area contributed by atoms with Crippen LogP contribution >= 0.6 is 0 Å². The van der Waals surface area contributed by atoms with E-state index in [1.165, 1.54) is 6.33 Å². The van der Waals surface area contributed by atoms with E-state index in [2.05, 4.69) is 9.97 Å². The molecular weight excluding hydrogens is 504 g/mol. The molecule has 202 valence electrons. The van der Waals surface area contributed by atoms with Gasteiger partial charge in [-0.1, -0.05) is 18.2 Å². The summed E-state index contributed by atoms with van der Waals surface area (Å²) in [5, 5.41) is 13.2. The zero-order chi connectivity index (χ0) is 28.2. The number of carboxylic acids is 1. The molecule has 0 saturated heterocycles. The largest absolute Gasteiger partial charge is 0.493 e. The van der Waals surface area contributed by atoms with E-state index in [9.17, 15) is 9.90 Å². The maximum atomic E-state index is 12.8. The molecule has 3 N–H and O–H groups in total. The second-order valence-electron chi connectivity index (χ2n) is 11.1. The molecule has 0 aliphatic carbocycles. The first-order valence-corrected chi connectivity index (χ1v) is 13.2. The number of aromatic nitrogens is 3. The van der Waals surface area contributed by atoms with Crippen molar-refractivity contribution < 1.29 is 19.4 Å². The highest BCUT2D eigenvalue weighted by molar-refractivity contribution is 6.09. The van der Waals surface area contributed by atoms with Crippen molar-refractivity contribution in [3.63, 3.8) is 0 Å². The number of hydrogen-bond acceptors (Lipinski definition) is 7. The number of hydrogen-bond donors (Lipinski definition) is 2. The lowest BCUT2D eigenvalue weighted by Crippen LogP contribution is -2.28. The first kappa shape index (κ1) is 25.7. The predicted octanol–water partition coefficient (Wildman–Crippen LogP) is 6.28. The normalized spacial score (nSPS) is 13.8. The van der Waals surface area contributed by atoms with Gasteiger partial charge in [0.25, 0.3) is 0 Å². The molecule has 0 radical (unpaired) electrons. The lowest BCUT2D eigenvalue weighted by atomic mass is 9.85. The standard InChI is InChI=1S/C32H30N4O4/c1-17-13-20-14-19(23-15-34-16-36-30(23)33)5-6-21(20)27(25(17)29(31(37)38)40-32(2,3)4)22-7-8-24-26-18(10-12-39-24)9-11-35-28(22)26/h5-9,11,13-16,29H,10,12H2,1-4H3,(H,37,38)(H2,33,34,36). The van der Waals surface area contributed by atoms with Crippen molar-refractivity contribution in [3.05, 3.63) is 77.9 Å². The average molecular weight is 535 g/mol. The topological polar surface area (TPSA) is 120 Å². The van der Waals surface area contributed by atoms with Crippen LogP contribution < -0.4 is 10.5 Å². The molecule has 5 aromatic rings. The molecule has 3 aromatic carbocycles. The number of nitrogens with zero attached hydrogens (tertiary/aromatic N) is 3. The molecule has 8 nitrogen and oxygen atoms in total. The third kappa shape index (κ3) is 4.40. The van der Waals surface area contributed by atoms with E-state index in [0.717, 1.165) is 67.2 Å². The van der Waals surface area contributed by atoms with Crippen LogP contribution in [-0.2, 0) is 16.0 Å². The molecule has 40 heavy (non-hydrogen) atoms. The van der Waals surface area contributed by atoms with Crippen molar-refractivity contribution in [2.24, 2.45) is 0 Å². The Morgan fingerprint density at radius 3 is 2.67 bits per heavy atom. The second-order valence-corrected chi connectivity index (χ2v) is 11.1. The van der Waals surface area contributed by atoms with Crippen LogP contribution in [0.1, 0.15) is 43.6 Å². The van der Waals surface area contributed by atoms with Crippen LogP contribution in [0.5, 0.6) is 5.75 Å². The molecule has 0 bridgehead atoms. The predicted molar refractivity (Wildman–Crippen MR) is 155 cm³/mol. The molecule has 2 aromatic heterocycles. The number of pyridine rings is 1. The van der Waals surface area contributed by atoms with Gasteiger partial charge in [-0.05, 0) is 85.0 Å². The Labute approximate surface area is 231 Å². The molecule has 1 unspecified atom stereocenters. The van der Waals surface area contributed by atoms with Crippen LogP contribution in [-0.4, -0.2) is 38.2 Å². The number of ether oxygens (including phenoxy) is 2. The van der Waals surface area contributed by atoms with E-state index in [1.54, 1.807) is 6.20 Å². The molecule has 6 rings (SSSR count). The molecule has 1 atom stereocenters. The van der Waals surface area contributed by atoms with Gasteiger partial charge in [0.2, 0.25) is 0 Å². The highest BCUT2D eigenvalue weighted by atomic mass is 16.5. The maximum Gasteiger partial charge on any atom is 0.337 e. The van der Waals surface area contributed by atoms with E-state index in [4.69, 9.17) is 20.2 Å². The van der Waals surface area contributed by atoms with Crippen molar-refractivity contribution in [1.29, 1.82) is 0 Å². The molecule has 0 saturated carbocycles. The minimum atomic E-state index is -1.20. The molecule has 0 amide bonds. The summed E-state index contributed by atoms with van der Waals surface area (Å²) in [5.41, 5.74) is 12.0. The number of rotatable bonds is 5. The Balaban J connectivity index is 1.70. The fourth-order valence-electron chi connectivity index (χ4n) is 5.61. The maximum absolute atomic E-state index is 12.8. The number of carbonyl (C=O) groups is 1. The van der Waals surface area contributed by atoms with Crippen LogP contribution in [0.25, 0.3) is 43.9 Å². The average Bonchev–Trinajstić information content (AvgIpc) is 2.91. The zero-order valence-electron chi connectivity index (χ0n) is 22.9. The summed E-state index contributed by atoms with van der Waals surface area (Å²) in [4.78, 5) is 25.8. The van der Waals surface area contributed by atoms with Gasteiger partial charge in [0.05, 0.1) is 17.7 Å². The van der Waals surface area contributed by atoms with E-state index >= 15 is 0 Å². The fourth-order valence-corrected chi connectivity index (χ4v) is 5.61. The van der Waals surface area contributed by atoms with Gasteiger partial charge in [-0.3, -0.25) is 4.98 Å². The molecule has 0 fully saturated rings. The Bertz CT molecular complexity index is 1800. The van der Waals surface area contributed by atoms with E-state index in [-0.39, 0.29) is 0 Å². The van der Waals surface area contributed by atoms with Crippen molar-refractivity contribution in [1.82, 2.24) is 15.0 Å². The Morgan fingerprint density at radius 2 is 1.93 bits per heavy atom. The second kappa shape index (κ2) is 9.57. The highest BCUT2D eigenvalue weighted by Gasteiger charge is 2.32. The van der Waals surface area contributed by atoms with Gasteiger partial charge in [0.1, 0.15) is 17.9 Å². The van der Waals surface area contributed by atoms with Crippen molar-refractivity contribution in [2.45, 2.75) is 45.8 Å². The summed E-state index contributed by atoms with van der Waals surface area (Å²) in [6.45, 7) is 8.12. The number of nitrogens with two attached hydrogens (primary N) is 1. The SMILES string of the molecule is Cc1cc2cc(-c3cncnc3N)ccc2c(-c2ccc3c4c(ccnc24)CCO3)c1C(OC(C)(C)C)C(=O)O. The van der Waals surface area contributed by atoms with Crippen molar-refractivity contribution >= 4 is 33.5 Å². The number of carboxylic acid groups (broad SMARTS) is 1. The smallest absolute Gasteiger partial charge is 0.337 e. The van der Waals surface area contributed by atoms with Crippen LogP contribution in [0.2, 0.25) is 0 Å². The number of aryl methyl sites for hydroxylation is 1. The van der Waals surface area contributed by atoms with Crippen LogP contribution in [0.15, 0.2) is 61.2 Å². The van der Waals surface area contributed by atoms with E-state index in [0.29, 0.717) is 18.0 Å². The number of benzene rings is 3. The molecule has 1 aliphatic rings. The number of aliphatic carboxylic acids is 1.